The van der Waals surface area contributed by atoms with Crippen molar-refractivity contribution in [2.75, 3.05) is 0 Å². The molecule has 3 aromatic rings. The fourth-order valence-electron chi connectivity index (χ4n) is 2.34. The molecule has 0 saturated carbocycles. The summed E-state index contributed by atoms with van der Waals surface area (Å²) in [6.45, 7) is 1.75. The molecule has 4 nitrogen and oxygen atoms in total. The second-order valence-corrected chi connectivity index (χ2v) is 5.41. The Kier molecular flexibility index (Phi) is 4.01. The largest absolute Gasteiger partial charge is 0.416 e. The van der Waals surface area contributed by atoms with Crippen molar-refractivity contribution in [3.63, 3.8) is 0 Å². The molecule has 1 amide bonds. The topological polar surface area (TPSA) is 57.8 Å². The van der Waals surface area contributed by atoms with E-state index in [1.165, 1.54) is 0 Å². The molecule has 124 valence electrons. The molecule has 1 atom stereocenters. The molecule has 0 spiro atoms. The van der Waals surface area contributed by atoms with Crippen LogP contribution in [0.5, 0.6) is 0 Å². The number of halogens is 3. The monoisotopic (exact) mass is 333 g/mol. The maximum atomic E-state index is 12.5. The Balaban J connectivity index is 1.74. The molecule has 2 N–H and O–H groups in total. The van der Waals surface area contributed by atoms with Crippen molar-refractivity contribution in [2.45, 2.75) is 19.1 Å². The number of alkyl halides is 3. The number of nitrogens with zero attached hydrogens (tertiary/aromatic N) is 1. The lowest BCUT2D eigenvalue weighted by atomic mass is 10.1. The van der Waals surface area contributed by atoms with Crippen LogP contribution in [0.2, 0.25) is 0 Å². The van der Waals surface area contributed by atoms with Crippen LogP contribution in [-0.2, 0) is 6.18 Å². The van der Waals surface area contributed by atoms with Gasteiger partial charge in [0.05, 0.1) is 22.6 Å². The van der Waals surface area contributed by atoms with Crippen molar-refractivity contribution in [3.8, 4) is 0 Å². The van der Waals surface area contributed by atoms with Crippen molar-refractivity contribution in [3.05, 3.63) is 65.5 Å². The molecule has 24 heavy (non-hydrogen) atoms. The van der Waals surface area contributed by atoms with E-state index < -0.39 is 23.7 Å². The number of imidazole rings is 1. The lowest BCUT2D eigenvalue weighted by Gasteiger charge is -2.12. The number of hydrogen-bond acceptors (Lipinski definition) is 2. The maximum absolute atomic E-state index is 12.5. The first-order chi connectivity index (χ1) is 11.3. The zero-order valence-corrected chi connectivity index (χ0v) is 12.7. The normalized spacial score (nSPS) is 13.0. The molecule has 3 rings (SSSR count). The Morgan fingerprint density at radius 3 is 2.42 bits per heavy atom. The van der Waals surface area contributed by atoms with Gasteiger partial charge in [-0.3, -0.25) is 4.79 Å². The van der Waals surface area contributed by atoms with E-state index in [1.54, 1.807) is 6.92 Å². The zero-order chi connectivity index (χ0) is 17.3. The number of nitrogens with one attached hydrogen (secondary N) is 2. The van der Waals surface area contributed by atoms with Gasteiger partial charge in [0.2, 0.25) is 0 Å². The molecule has 0 aliphatic rings. The van der Waals surface area contributed by atoms with E-state index in [1.807, 2.05) is 24.3 Å². The Hall–Kier alpha value is -2.83. The predicted octanol–water partition coefficient (Wildman–Crippen LogP) is 4.07. The van der Waals surface area contributed by atoms with Crippen LogP contribution in [0.1, 0.15) is 34.7 Å². The summed E-state index contributed by atoms with van der Waals surface area (Å²) in [6, 6.07) is 11.1. The fourth-order valence-corrected chi connectivity index (χ4v) is 2.34. The van der Waals surface area contributed by atoms with Crippen LogP contribution >= 0.6 is 0 Å². The van der Waals surface area contributed by atoms with Gasteiger partial charge in [-0.05, 0) is 43.3 Å². The first kappa shape index (κ1) is 16.0. The second kappa shape index (κ2) is 5.99. The van der Waals surface area contributed by atoms with Crippen molar-refractivity contribution in [1.82, 2.24) is 15.3 Å². The molecule has 0 aliphatic carbocycles. The number of carbonyl (C=O) groups excluding carboxylic acids is 1. The van der Waals surface area contributed by atoms with Gasteiger partial charge in [0, 0.05) is 5.56 Å². The number of fused-ring (bicyclic) bond motifs is 1. The van der Waals surface area contributed by atoms with E-state index in [0.717, 1.165) is 35.3 Å². The highest BCUT2D eigenvalue weighted by Gasteiger charge is 2.30. The molecule has 0 aliphatic heterocycles. The Labute approximate surface area is 135 Å². The van der Waals surface area contributed by atoms with Crippen molar-refractivity contribution in [1.29, 1.82) is 0 Å². The van der Waals surface area contributed by atoms with Crippen molar-refractivity contribution < 1.29 is 18.0 Å². The van der Waals surface area contributed by atoms with Crippen LogP contribution < -0.4 is 5.32 Å². The van der Waals surface area contributed by atoms with Gasteiger partial charge in [-0.1, -0.05) is 12.1 Å². The summed E-state index contributed by atoms with van der Waals surface area (Å²) in [4.78, 5) is 19.7. The Bertz CT molecular complexity index is 836. The molecule has 2 aromatic carbocycles. The third-order valence-electron chi connectivity index (χ3n) is 3.64. The minimum absolute atomic E-state index is 0.158. The van der Waals surface area contributed by atoms with Crippen LogP contribution in [-0.4, -0.2) is 15.9 Å². The predicted molar refractivity (Wildman–Crippen MR) is 83.4 cm³/mol. The first-order valence-electron chi connectivity index (χ1n) is 7.27. The minimum atomic E-state index is -4.42. The maximum Gasteiger partial charge on any atom is 0.416 e. The number of hydrogen-bond donors (Lipinski definition) is 2. The summed E-state index contributed by atoms with van der Waals surface area (Å²) in [5.41, 5.74) is 1.00. The molecule has 0 unspecified atom stereocenters. The number of amides is 1. The zero-order valence-electron chi connectivity index (χ0n) is 12.7. The van der Waals surface area contributed by atoms with Gasteiger partial charge in [0.1, 0.15) is 5.82 Å². The average Bonchev–Trinajstić information content (AvgIpc) is 2.98. The minimum Gasteiger partial charge on any atom is -0.342 e. The van der Waals surface area contributed by atoms with Gasteiger partial charge < -0.3 is 10.3 Å². The highest BCUT2D eigenvalue weighted by Crippen LogP contribution is 2.29. The van der Waals surface area contributed by atoms with Gasteiger partial charge in [-0.15, -0.1) is 0 Å². The van der Waals surface area contributed by atoms with Gasteiger partial charge in [0.25, 0.3) is 5.91 Å². The average molecular weight is 333 g/mol. The van der Waals surface area contributed by atoms with E-state index >= 15 is 0 Å². The summed E-state index contributed by atoms with van der Waals surface area (Å²) >= 11 is 0. The first-order valence-corrected chi connectivity index (χ1v) is 7.27. The summed E-state index contributed by atoms with van der Waals surface area (Å²) in [5.74, 6) is 0.119. The smallest absolute Gasteiger partial charge is 0.342 e. The van der Waals surface area contributed by atoms with E-state index in [-0.39, 0.29) is 5.56 Å². The number of aromatic amines is 1. The molecule has 0 fully saturated rings. The van der Waals surface area contributed by atoms with Crippen LogP contribution in [0.15, 0.2) is 48.5 Å². The van der Waals surface area contributed by atoms with Gasteiger partial charge >= 0.3 is 6.18 Å². The number of para-hydroxylation sites is 2. The molecule has 0 bridgehead atoms. The van der Waals surface area contributed by atoms with Crippen LogP contribution in [0, 0.1) is 0 Å². The van der Waals surface area contributed by atoms with E-state index in [0.29, 0.717) is 5.82 Å². The van der Waals surface area contributed by atoms with Crippen molar-refractivity contribution in [2.24, 2.45) is 0 Å². The standard InChI is InChI=1S/C17H14F3N3O/c1-10(15-22-13-4-2-3-5-14(13)23-15)21-16(24)11-6-8-12(9-7-11)17(18,19)20/h2-10H,1H3,(H,21,24)(H,22,23)/t10-/m0/s1. The lowest BCUT2D eigenvalue weighted by molar-refractivity contribution is -0.137. The van der Waals surface area contributed by atoms with Crippen LogP contribution in [0.25, 0.3) is 11.0 Å². The number of carbonyl (C=O) groups is 1. The third-order valence-corrected chi connectivity index (χ3v) is 3.64. The summed E-state index contributed by atoms with van der Waals surface area (Å²) < 4.78 is 37.6. The Morgan fingerprint density at radius 1 is 1.12 bits per heavy atom. The SMILES string of the molecule is C[C@H](NC(=O)c1ccc(C(F)(F)F)cc1)c1nc2ccccc2[nH]1. The molecule has 1 heterocycles. The quantitative estimate of drug-likeness (QED) is 0.759. The van der Waals surface area contributed by atoms with E-state index in [4.69, 9.17) is 0 Å². The number of rotatable bonds is 3. The van der Waals surface area contributed by atoms with Gasteiger partial charge in [-0.2, -0.15) is 13.2 Å². The molecule has 7 heteroatoms. The van der Waals surface area contributed by atoms with Crippen molar-refractivity contribution >= 4 is 16.9 Å². The molecular weight excluding hydrogens is 319 g/mol. The van der Waals surface area contributed by atoms with Gasteiger partial charge in [0.15, 0.2) is 0 Å². The number of H-pyrrole nitrogens is 1. The molecule has 1 aromatic heterocycles. The summed E-state index contributed by atoms with van der Waals surface area (Å²) in [6.07, 6.45) is -4.42. The summed E-state index contributed by atoms with van der Waals surface area (Å²) in [7, 11) is 0. The fraction of sp³-hybridized carbons (Fsp3) is 0.176. The number of benzene rings is 2. The van der Waals surface area contributed by atoms with E-state index in [2.05, 4.69) is 15.3 Å². The van der Waals surface area contributed by atoms with Crippen LogP contribution in [0.4, 0.5) is 13.2 Å². The molecule has 0 saturated heterocycles. The number of aromatic nitrogens is 2. The second-order valence-electron chi connectivity index (χ2n) is 5.41. The lowest BCUT2D eigenvalue weighted by Crippen LogP contribution is -2.27. The molecule has 0 radical (unpaired) electrons. The Morgan fingerprint density at radius 2 is 1.79 bits per heavy atom. The van der Waals surface area contributed by atoms with E-state index in [9.17, 15) is 18.0 Å². The third kappa shape index (κ3) is 3.24. The van der Waals surface area contributed by atoms with Gasteiger partial charge in [-0.25, -0.2) is 4.98 Å². The highest BCUT2D eigenvalue weighted by atomic mass is 19.4. The highest BCUT2D eigenvalue weighted by molar-refractivity contribution is 5.94. The van der Waals surface area contributed by atoms with Crippen LogP contribution in [0.3, 0.4) is 0 Å². The summed E-state index contributed by atoms with van der Waals surface area (Å²) in [5, 5.41) is 2.72. The molecular formula is C17H14F3N3O.